The summed E-state index contributed by atoms with van der Waals surface area (Å²) in [7, 11) is 0. The predicted octanol–water partition coefficient (Wildman–Crippen LogP) is 4.26. The van der Waals surface area contributed by atoms with Crippen LogP contribution in [0.4, 0.5) is 21.0 Å². The van der Waals surface area contributed by atoms with Gasteiger partial charge in [0.2, 0.25) is 5.95 Å². The maximum Gasteiger partial charge on any atom is 0.416 e. The van der Waals surface area contributed by atoms with E-state index in [1.54, 1.807) is 18.6 Å². The summed E-state index contributed by atoms with van der Waals surface area (Å²) in [6, 6.07) is 8.20. The van der Waals surface area contributed by atoms with Crippen molar-refractivity contribution < 1.29 is 13.9 Å². The molecular formula is C21H19ClFN7O2. The number of aromatic amines is 1. The Balaban J connectivity index is 1.43. The van der Waals surface area contributed by atoms with Gasteiger partial charge in [0.25, 0.3) is 0 Å². The first-order valence-electron chi connectivity index (χ1n) is 9.97. The van der Waals surface area contributed by atoms with Gasteiger partial charge < -0.3 is 19.6 Å². The van der Waals surface area contributed by atoms with Crippen LogP contribution >= 0.6 is 11.6 Å². The first-order valence-corrected chi connectivity index (χ1v) is 10.3. The number of hydrogen-bond donors (Lipinski definition) is 2. The fourth-order valence-corrected chi connectivity index (χ4v) is 3.72. The molecule has 1 aliphatic rings. The van der Waals surface area contributed by atoms with Gasteiger partial charge in [-0.3, -0.25) is 4.90 Å². The van der Waals surface area contributed by atoms with Crippen LogP contribution in [-0.4, -0.2) is 49.9 Å². The lowest BCUT2D eigenvalue weighted by molar-refractivity contribution is 0.177. The first-order chi connectivity index (χ1) is 15.5. The summed E-state index contributed by atoms with van der Waals surface area (Å²) in [4.78, 5) is 30.0. The lowest BCUT2D eigenvalue weighted by Crippen LogP contribution is -2.36. The summed E-state index contributed by atoms with van der Waals surface area (Å²) in [6.45, 7) is 1.17. The van der Waals surface area contributed by atoms with E-state index in [2.05, 4.69) is 25.3 Å². The Hall–Kier alpha value is -3.66. The maximum atomic E-state index is 13.5. The third kappa shape index (κ3) is 3.62. The van der Waals surface area contributed by atoms with Crippen molar-refractivity contribution in [2.45, 2.75) is 19.0 Å². The highest BCUT2D eigenvalue weighted by Crippen LogP contribution is 2.30. The molecule has 0 unspecified atom stereocenters. The van der Waals surface area contributed by atoms with Crippen LogP contribution in [0.15, 0.2) is 49.1 Å². The molecule has 0 saturated carbocycles. The van der Waals surface area contributed by atoms with Crippen molar-refractivity contribution in [3.63, 3.8) is 0 Å². The van der Waals surface area contributed by atoms with E-state index in [1.165, 1.54) is 4.90 Å². The molecule has 9 nitrogen and oxygen atoms in total. The largest absolute Gasteiger partial charge is 0.447 e. The molecule has 4 aromatic rings. The number of hydrogen-bond acceptors (Lipinski definition) is 6. The third-order valence-corrected chi connectivity index (χ3v) is 5.53. The number of benzene rings is 1. The van der Waals surface area contributed by atoms with Gasteiger partial charge in [0.05, 0.1) is 23.4 Å². The SMILES string of the molecule is C[C@H](Nc1nc(N2C(=O)OC[C@H]2CF)c2cc[nH]c2n1)c1cn(-c2ccc(Cl)cc2)cn1. The molecule has 32 heavy (non-hydrogen) atoms. The van der Waals surface area contributed by atoms with Gasteiger partial charge in [0.15, 0.2) is 5.82 Å². The van der Waals surface area contributed by atoms with Crippen molar-refractivity contribution in [3.05, 3.63) is 59.8 Å². The second kappa shape index (κ2) is 8.12. The molecule has 1 saturated heterocycles. The number of fused-ring (bicyclic) bond motifs is 1. The summed E-state index contributed by atoms with van der Waals surface area (Å²) in [5, 5.41) is 4.48. The number of halogens is 2. The number of anilines is 2. The smallest absolute Gasteiger partial charge is 0.416 e. The van der Waals surface area contributed by atoms with Crippen LogP contribution in [0, 0.1) is 0 Å². The topological polar surface area (TPSA) is 101 Å². The van der Waals surface area contributed by atoms with Gasteiger partial charge in [0.1, 0.15) is 25.0 Å². The van der Waals surface area contributed by atoms with E-state index < -0.39 is 18.8 Å². The van der Waals surface area contributed by atoms with Crippen molar-refractivity contribution in [2.24, 2.45) is 0 Å². The zero-order chi connectivity index (χ0) is 22.2. The van der Waals surface area contributed by atoms with Gasteiger partial charge in [0, 0.05) is 23.1 Å². The number of alkyl halides is 1. The number of H-pyrrole nitrogens is 1. The van der Waals surface area contributed by atoms with E-state index in [4.69, 9.17) is 16.3 Å². The summed E-state index contributed by atoms with van der Waals surface area (Å²) in [6.07, 6.45) is 4.67. The summed E-state index contributed by atoms with van der Waals surface area (Å²) in [5.41, 5.74) is 2.21. The van der Waals surface area contributed by atoms with Crippen LogP contribution in [0.2, 0.25) is 5.02 Å². The number of cyclic esters (lactones) is 1. The summed E-state index contributed by atoms with van der Waals surface area (Å²) in [5.74, 6) is 0.573. The van der Waals surface area contributed by atoms with Crippen molar-refractivity contribution in [2.75, 3.05) is 23.5 Å². The van der Waals surface area contributed by atoms with Gasteiger partial charge in [-0.15, -0.1) is 0 Å². The summed E-state index contributed by atoms with van der Waals surface area (Å²) >= 11 is 5.96. The molecule has 1 aliphatic heterocycles. The quantitative estimate of drug-likeness (QED) is 0.450. The van der Waals surface area contributed by atoms with Crippen LogP contribution in [-0.2, 0) is 4.74 Å². The lowest BCUT2D eigenvalue weighted by atomic mass is 10.2. The third-order valence-electron chi connectivity index (χ3n) is 5.28. The fraction of sp³-hybridized carbons (Fsp3) is 0.238. The van der Waals surface area contributed by atoms with Crippen LogP contribution in [0.1, 0.15) is 18.7 Å². The van der Waals surface area contributed by atoms with Gasteiger partial charge in [-0.2, -0.15) is 9.97 Å². The van der Waals surface area contributed by atoms with Gasteiger partial charge >= 0.3 is 6.09 Å². The molecule has 2 atom stereocenters. The van der Waals surface area contributed by atoms with E-state index in [-0.39, 0.29) is 18.6 Å². The normalized spacial score (nSPS) is 17.0. The number of rotatable bonds is 6. The molecule has 4 heterocycles. The summed E-state index contributed by atoms with van der Waals surface area (Å²) < 4.78 is 20.4. The maximum absolute atomic E-state index is 13.5. The molecule has 164 valence electrons. The van der Waals surface area contributed by atoms with Crippen molar-refractivity contribution in [1.82, 2.24) is 24.5 Å². The molecule has 5 rings (SSSR count). The van der Waals surface area contributed by atoms with E-state index in [1.807, 2.05) is 42.0 Å². The molecule has 11 heteroatoms. The minimum atomic E-state index is -0.733. The number of nitrogens with one attached hydrogen (secondary N) is 2. The first kappa shape index (κ1) is 20.3. The zero-order valence-corrected chi connectivity index (χ0v) is 17.8. The zero-order valence-electron chi connectivity index (χ0n) is 17.0. The molecule has 3 aromatic heterocycles. The Morgan fingerprint density at radius 1 is 1.31 bits per heavy atom. The van der Waals surface area contributed by atoms with Crippen LogP contribution in [0.25, 0.3) is 16.7 Å². The average molecular weight is 456 g/mol. The van der Waals surface area contributed by atoms with Crippen LogP contribution < -0.4 is 10.2 Å². The Labute approximate surface area is 187 Å². The molecule has 0 aliphatic carbocycles. The molecule has 1 fully saturated rings. The van der Waals surface area contributed by atoms with Crippen LogP contribution in [0.3, 0.4) is 0 Å². The standard InChI is InChI=1S/C21H19ClFN7O2/c1-12(17-9-29(11-25-17)14-4-2-13(22)3-5-14)26-20-27-18-16(6-7-24-18)19(28-20)30-15(8-23)10-32-21(30)31/h2-7,9,11-12,15H,8,10H2,1H3,(H2,24,26,27,28)/t12-,15+/m0/s1. The number of ether oxygens (including phenoxy) is 1. The highest BCUT2D eigenvalue weighted by Gasteiger charge is 2.37. The molecular weight excluding hydrogens is 437 g/mol. The molecule has 0 spiro atoms. The van der Waals surface area contributed by atoms with E-state index >= 15 is 0 Å². The van der Waals surface area contributed by atoms with Crippen molar-refractivity contribution in [3.8, 4) is 5.69 Å². The Kier molecular flexibility index (Phi) is 5.14. The van der Waals surface area contributed by atoms with Crippen LogP contribution in [0.5, 0.6) is 0 Å². The predicted molar refractivity (Wildman–Crippen MR) is 118 cm³/mol. The number of nitrogens with zero attached hydrogens (tertiary/aromatic N) is 5. The molecule has 0 bridgehead atoms. The molecule has 0 radical (unpaired) electrons. The van der Waals surface area contributed by atoms with E-state index in [0.717, 1.165) is 11.4 Å². The minimum Gasteiger partial charge on any atom is -0.447 e. The fourth-order valence-electron chi connectivity index (χ4n) is 3.59. The highest BCUT2D eigenvalue weighted by atomic mass is 35.5. The molecule has 1 amide bonds. The van der Waals surface area contributed by atoms with Gasteiger partial charge in [-0.25, -0.2) is 14.2 Å². The Morgan fingerprint density at radius 3 is 2.91 bits per heavy atom. The van der Waals surface area contributed by atoms with E-state index in [9.17, 15) is 9.18 Å². The number of amides is 1. The molecule has 2 N–H and O–H groups in total. The molecule has 1 aromatic carbocycles. The van der Waals surface area contributed by atoms with Gasteiger partial charge in [-0.05, 0) is 37.3 Å². The number of carbonyl (C=O) groups excluding carboxylic acids is 1. The number of carbonyl (C=O) groups is 1. The van der Waals surface area contributed by atoms with E-state index in [0.29, 0.717) is 21.9 Å². The second-order valence-corrected chi connectivity index (χ2v) is 7.85. The monoisotopic (exact) mass is 455 g/mol. The Morgan fingerprint density at radius 2 is 2.12 bits per heavy atom. The van der Waals surface area contributed by atoms with Crippen molar-refractivity contribution in [1.29, 1.82) is 0 Å². The van der Waals surface area contributed by atoms with Gasteiger partial charge in [-0.1, -0.05) is 11.6 Å². The Bertz CT molecular complexity index is 1270. The highest BCUT2D eigenvalue weighted by molar-refractivity contribution is 6.30. The number of aromatic nitrogens is 5. The second-order valence-electron chi connectivity index (χ2n) is 7.41. The lowest BCUT2D eigenvalue weighted by Gasteiger charge is -2.20. The minimum absolute atomic E-state index is 0.0213. The number of imidazole rings is 1. The average Bonchev–Trinajstić information content (AvgIpc) is 3.53. The van der Waals surface area contributed by atoms with Crippen molar-refractivity contribution >= 4 is 40.5 Å².